The van der Waals surface area contributed by atoms with Gasteiger partial charge in [-0.25, -0.2) is 4.98 Å². The van der Waals surface area contributed by atoms with Gasteiger partial charge >= 0.3 is 6.18 Å². The van der Waals surface area contributed by atoms with Crippen LogP contribution >= 0.6 is 0 Å². The number of amides is 1. The maximum absolute atomic E-state index is 13.3. The van der Waals surface area contributed by atoms with E-state index in [1.165, 1.54) is 18.3 Å². The molecule has 1 aromatic carbocycles. The number of pyridine rings is 1. The van der Waals surface area contributed by atoms with Crippen molar-refractivity contribution in [2.75, 3.05) is 51.7 Å². The van der Waals surface area contributed by atoms with E-state index in [0.29, 0.717) is 42.4 Å². The summed E-state index contributed by atoms with van der Waals surface area (Å²) < 4.78 is 48.7. The Morgan fingerprint density at radius 2 is 1.93 bits per heavy atom. The van der Waals surface area contributed by atoms with Crippen LogP contribution in [0.2, 0.25) is 0 Å². The van der Waals surface area contributed by atoms with Gasteiger partial charge in [0.25, 0.3) is 5.91 Å². The largest absolute Gasteiger partial charge is 0.492 e. The van der Waals surface area contributed by atoms with Crippen molar-refractivity contribution in [3.05, 3.63) is 90.1 Å². The monoisotopic (exact) mass is 591 g/mol. The number of anilines is 1. The summed E-state index contributed by atoms with van der Waals surface area (Å²) in [5, 5.41) is 8.14. The zero-order valence-electron chi connectivity index (χ0n) is 23.7. The zero-order chi connectivity index (χ0) is 30.0. The molecule has 4 heterocycles. The van der Waals surface area contributed by atoms with Crippen LogP contribution in [0, 0.1) is 0 Å². The molecular weight excluding hydrogens is 559 g/mol. The molecule has 1 N–H and O–H groups in total. The van der Waals surface area contributed by atoms with Crippen LogP contribution in [-0.4, -0.2) is 87.4 Å². The molecule has 0 atom stereocenters. The number of aromatic nitrogens is 4. The number of nitrogens with zero attached hydrogens (tertiary/aromatic N) is 6. The zero-order valence-corrected chi connectivity index (χ0v) is 23.7. The number of hydrogen-bond acceptors (Lipinski definition) is 6. The van der Waals surface area contributed by atoms with Gasteiger partial charge in [-0.3, -0.25) is 18.8 Å². The van der Waals surface area contributed by atoms with Gasteiger partial charge in [-0.2, -0.15) is 18.3 Å². The fraction of sp³-hybridized carbons (Fsp3) is 0.323. The van der Waals surface area contributed by atoms with Crippen LogP contribution < -0.4 is 10.1 Å². The van der Waals surface area contributed by atoms with E-state index in [1.807, 2.05) is 18.2 Å². The van der Waals surface area contributed by atoms with Crippen molar-refractivity contribution in [2.45, 2.75) is 19.1 Å². The summed E-state index contributed by atoms with van der Waals surface area (Å²) >= 11 is 0. The van der Waals surface area contributed by atoms with Crippen LogP contribution in [0.25, 0.3) is 16.6 Å². The van der Waals surface area contributed by atoms with Gasteiger partial charge in [0.2, 0.25) is 0 Å². The molecule has 9 nitrogen and oxygen atoms in total. The minimum absolute atomic E-state index is 0.319. The summed E-state index contributed by atoms with van der Waals surface area (Å²) in [4.78, 5) is 22.4. The molecule has 0 saturated carbocycles. The van der Waals surface area contributed by atoms with Crippen molar-refractivity contribution in [2.24, 2.45) is 0 Å². The summed E-state index contributed by atoms with van der Waals surface area (Å²) in [6, 6.07) is 9.09. The van der Waals surface area contributed by atoms with Crippen molar-refractivity contribution in [1.82, 2.24) is 29.0 Å². The molecule has 0 spiro atoms. The molecule has 0 unspecified atom stereocenters. The topological polar surface area (TPSA) is 79.9 Å². The van der Waals surface area contributed by atoms with Gasteiger partial charge < -0.3 is 15.0 Å². The van der Waals surface area contributed by atoms with Gasteiger partial charge in [0.05, 0.1) is 35.7 Å². The SMILES string of the molecule is CN1CCN(CCOc2ccn3c(C(=O)Nc4cccc5c4cnn5CC4=CC=C(C(F)(F)F)C=CC4)cnc3c2)CC1. The van der Waals surface area contributed by atoms with Gasteiger partial charge in [0.1, 0.15) is 23.7 Å². The van der Waals surface area contributed by atoms with Crippen LogP contribution in [0.3, 0.4) is 0 Å². The molecule has 0 radical (unpaired) electrons. The molecule has 1 amide bonds. The Balaban J connectivity index is 1.12. The van der Waals surface area contributed by atoms with Gasteiger partial charge in [-0.05, 0) is 43.3 Å². The smallest absolute Gasteiger partial charge is 0.416 e. The van der Waals surface area contributed by atoms with Crippen LogP contribution in [0.5, 0.6) is 5.75 Å². The predicted octanol–water partition coefficient (Wildman–Crippen LogP) is 4.94. The average Bonchev–Trinajstić information content (AvgIpc) is 3.51. The maximum Gasteiger partial charge on any atom is 0.416 e. The molecule has 4 aromatic rings. The van der Waals surface area contributed by atoms with Crippen LogP contribution in [0.15, 0.2) is 84.4 Å². The van der Waals surface area contributed by atoms with Gasteiger partial charge in [-0.15, -0.1) is 0 Å². The Hall–Kier alpha value is -4.42. The Kier molecular flexibility index (Phi) is 8.04. The first-order valence-electron chi connectivity index (χ1n) is 14.1. The van der Waals surface area contributed by atoms with Crippen molar-refractivity contribution in [3.8, 4) is 5.75 Å². The third kappa shape index (κ3) is 6.50. The van der Waals surface area contributed by atoms with Crippen molar-refractivity contribution in [3.63, 3.8) is 0 Å². The second-order valence-electron chi connectivity index (χ2n) is 10.8. The maximum atomic E-state index is 13.3. The highest BCUT2D eigenvalue weighted by molar-refractivity contribution is 6.08. The summed E-state index contributed by atoms with van der Waals surface area (Å²) in [7, 11) is 2.13. The Bertz CT molecular complexity index is 1730. The van der Waals surface area contributed by atoms with Gasteiger partial charge in [0.15, 0.2) is 0 Å². The molecule has 3 aromatic heterocycles. The first kappa shape index (κ1) is 28.7. The lowest BCUT2D eigenvalue weighted by Gasteiger charge is -2.32. The number of carbonyl (C=O) groups excluding carboxylic acids is 1. The number of allylic oxidation sites excluding steroid dienone is 6. The number of likely N-dealkylation sites (N-methyl/N-ethyl adjacent to an activating group) is 1. The average molecular weight is 592 g/mol. The number of benzene rings is 1. The van der Waals surface area contributed by atoms with Crippen LogP contribution in [0.4, 0.5) is 18.9 Å². The standard InChI is InChI=1S/C31H32F3N7O2/c1-38-12-14-39(15-13-38)16-17-43-24-10-11-40-28(20-35-29(40)18-24)30(42)37-26-6-3-7-27-25(26)19-36-41(27)21-22-4-2-5-23(9-8-22)31(32,33)34/h2-3,5-11,18-20H,4,12-17,21H2,1H3,(H,37,42). The van der Waals surface area contributed by atoms with Crippen molar-refractivity contribution >= 4 is 28.1 Å². The fourth-order valence-electron chi connectivity index (χ4n) is 5.28. The van der Waals surface area contributed by atoms with Crippen molar-refractivity contribution < 1.29 is 22.7 Å². The molecule has 1 fully saturated rings. The number of piperazine rings is 1. The third-order valence-corrected chi connectivity index (χ3v) is 7.78. The molecule has 2 aliphatic rings. The lowest BCUT2D eigenvalue weighted by atomic mass is 10.1. The molecule has 0 bridgehead atoms. The number of fused-ring (bicyclic) bond motifs is 2. The van der Waals surface area contributed by atoms with E-state index in [0.717, 1.165) is 61.4 Å². The number of rotatable bonds is 8. The highest BCUT2D eigenvalue weighted by Crippen LogP contribution is 2.30. The molecule has 224 valence electrons. The van der Waals surface area contributed by atoms with Crippen LogP contribution in [0.1, 0.15) is 16.9 Å². The van der Waals surface area contributed by atoms with E-state index in [4.69, 9.17) is 4.74 Å². The Labute approximate surface area is 246 Å². The van der Waals surface area contributed by atoms with E-state index in [9.17, 15) is 18.0 Å². The summed E-state index contributed by atoms with van der Waals surface area (Å²) in [5.74, 6) is 0.360. The third-order valence-electron chi connectivity index (χ3n) is 7.78. The lowest BCUT2D eigenvalue weighted by molar-refractivity contribution is -0.0881. The molecular formula is C31H32F3N7O2. The second-order valence-corrected chi connectivity index (χ2v) is 10.8. The summed E-state index contributed by atoms with van der Waals surface area (Å²) in [5.41, 5.74) is 2.39. The quantitative estimate of drug-likeness (QED) is 0.313. The number of hydrogen-bond donors (Lipinski definition) is 1. The number of imidazole rings is 1. The highest BCUT2D eigenvalue weighted by atomic mass is 19.4. The Morgan fingerprint density at radius 3 is 2.74 bits per heavy atom. The van der Waals surface area contributed by atoms with E-state index in [1.54, 1.807) is 33.6 Å². The van der Waals surface area contributed by atoms with E-state index in [-0.39, 0.29) is 5.91 Å². The molecule has 1 aliphatic heterocycles. The highest BCUT2D eigenvalue weighted by Gasteiger charge is 2.31. The summed E-state index contributed by atoms with van der Waals surface area (Å²) in [6.45, 7) is 5.94. The minimum Gasteiger partial charge on any atom is -0.492 e. The number of halogens is 3. The molecule has 6 rings (SSSR count). The lowest BCUT2D eigenvalue weighted by Crippen LogP contribution is -2.45. The van der Waals surface area contributed by atoms with E-state index in [2.05, 4.69) is 32.2 Å². The number of alkyl halides is 3. The molecule has 1 saturated heterocycles. The number of carbonyl (C=O) groups is 1. The molecule has 1 aliphatic carbocycles. The Morgan fingerprint density at radius 1 is 1.09 bits per heavy atom. The first-order valence-corrected chi connectivity index (χ1v) is 14.1. The molecule has 43 heavy (non-hydrogen) atoms. The molecule has 12 heteroatoms. The number of ether oxygens (including phenoxy) is 1. The van der Waals surface area contributed by atoms with Gasteiger partial charge in [-0.1, -0.05) is 24.3 Å². The van der Waals surface area contributed by atoms with Crippen molar-refractivity contribution in [1.29, 1.82) is 0 Å². The normalized spacial score (nSPS) is 16.7. The van der Waals surface area contributed by atoms with Gasteiger partial charge in [0, 0.05) is 50.4 Å². The minimum atomic E-state index is -4.39. The van der Waals surface area contributed by atoms with E-state index < -0.39 is 11.7 Å². The van der Waals surface area contributed by atoms with Crippen LogP contribution in [-0.2, 0) is 6.54 Å². The number of nitrogens with one attached hydrogen (secondary N) is 1. The second kappa shape index (κ2) is 12.1. The predicted molar refractivity (Wildman–Crippen MR) is 158 cm³/mol. The summed E-state index contributed by atoms with van der Waals surface area (Å²) in [6.07, 6.45) is 6.13. The van der Waals surface area contributed by atoms with E-state index >= 15 is 0 Å². The fourth-order valence-corrected chi connectivity index (χ4v) is 5.28. The first-order chi connectivity index (χ1) is 20.7.